The monoisotopic (exact) mass is 313 g/mol. The normalized spacial score (nSPS) is 16.0. The number of hydrogen-bond acceptors (Lipinski definition) is 6. The SMILES string of the molecule is CC(C)N1CCN(c2cc(-c3ccccc3O)nnc2N)CC1. The molecule has 3 N–H and O–H groups in total. The highest BCUT2D eigenvalue weighted by Crippen LogP contribution is 2.31. The molecule has 122 valence electrons. The van der Waals surface area contributed by atoms with E-state index in [0.717, 1.165) is 31.9 Å². The Labute approximate surface area is 136 Å². The minimum atomic E-state index is 0.196. The third kappa shape index (κ3) is 3.22. The third-order valence-corrected chi connectivity index (χ3v) is 4.37. The second-order valence-corrected chi connectivity index (χ2v) is 6.13. The molecule has 1 aromatic carbocycles. The van der Waals surface area contributed by atoms with E-state index in [1.165, 1.54) is 0 Å². The van der Waals surface area contributed by atoms with Crippen LogP contribution in [0.5, 0.6) is 5.75 Å². The lowest BCUT2D eigenvalue weighted by molar-refractivity contribution is 0.209. The standard InChI is InChI=1S/C17H23N5O/c1-12(2)21-7-9-22(10-8-21)15-11-14(19-20-17(15)18)13-5-3-4-6-16(13)23/h3-6,11-12,23H,7-10H2,1-2H3,(H2,18,20). The number of phenolic OH excluding ortho intramolecular Hbond substituents is 1. The molecule has 23 heavy (non-hydrogen) atoms. The Balaban J connectivity index is 1.86. The number of nitrogens with zero attached hydrogens (tertiary/aromatic N) is 4. The van der Waals surface area contributed by atoms with Crippen molar-refractivity contribution >= 4 is 11.5 Å². The summed E-state index contributed by atoms with van der Waals surface area (Å²) in [6, 6.07) is 9.61. The van der Waals surface area contributed by atoms with Crippen molar-refractivity contribution in [1.29, 1.82) is 0 Å². The zero-order valence-electron chi connectivity index (χ0n) is 13.6. The largest absolute Gasteiger partial charge is 0.507 e. The molecule has 6 heteroatoms. The van der Waals surface area contributed by atoms with Crippen molar-refractivity contribution in [3.63, 3.8) is 0 Å². The first-order valence-electron chi connectivity index (χ1n) is 7.97. The van der Waals surface area contributed by atoms with E-state index in [4.69, 9.17) is 5.73 Å². The highest BCUT2D eigenvalue weighted by Gasteiger charge is 2.21. The number of aromatic hydroxyl groups is 1. The third-order valence-electron chi connectivity index (χ3n) is 4.37. The molecule has 0 saturated carbocycles. The fourth-order valence-electron chi connectivity index (χ4n) is 2.95. The summed E-state index contributed by atoms with van der Waals surface area (Å²) in [6.07, 6.45) is 0. The average molecular weight is 313 g/mol. The van der Waals surface area contributed by atoms with E-state index in [-0.39, 0.29) is 5.75 Å². The summed E-state index contributed by atoms with van der Waals surface area (Å²) in [5.41, 5.74) is 8.24. The molecule has 6 nitrogen and oxygen atoms in total. The van der Waals surface area contributed by atoms with Gasteiger partial charge in [-0.3, -0.25) is 4.90 Å². The highest BCUT2D eigenvalue weighted by molar-refractivity contribution is 5.74. The first-order valence-corrected chi connectivity index (χ1v) is 7.97. The maximum absolute atomic E-state index is 10.0. The summed E-state index contributed by atoms with van der Waals surface area (Å²) in [5.74, 6) is 0.629. The Morgan fingerprint density at radius 2 is 1.78 bits per heavy atom. The van der Waals surface area contributed by atoms with Crippen LogP contribution in [-0.2, 0) is 0 Å². The summed E-state index contributed by atoms with van der Waals surface area (Å²) < 4.78 is 0. The van der Waals surface area contributed by atoms with Crippen LogP contribution in [0.2, 0.25) is 0 Å². The predicted molar refractivity (Wildman–Crippen MR) is 92.5 cm³/mol. The maximum atomic E-state index is 10.0. The van der Waals surface area contributed by atoms with Crippen LogP contribution in [0.1, 0.15) is 13.8 Å². The van der Waals surface area contributed by atoms with Gasteiger partial charge in [-0.1, -0.05) is 12.1 Å². The van der Waals surface area contributed by atoms with Crippen LogP contribution >= 0.6 is 0 Å². The number of phenols is 1. The summed E-state index contributed by atoms with van der Waals surface area (Å²) in [7, 11) is 0. The number of aromatic nitrogens is 2. The van der Waals surface area contributed by atoms with E-state index >= 15 is 0 Å². The van der Waals surface area contributed by atoms with Crippen molar-refractivity contribution in [2.24, 2.45) is 0 Å². The van der Waals surface area contributed by atoms with Gasteiger partial charge in [0.05, 0.1) is 11.4 Å². The van der Waals surface area contributed by atoms with Crippen LogP contribution < -0.4 is 10.6 Å². The summed E-state index contributed by atoms with van der Waals surface area (Å²) in [6.45, 7) is 8.27. The van der Waals surface area contributed by atoms with Gasteiger partial charge < -0.3 is 15.7 Å². The molecule has 1 saturated heterocycles. The molecule has 1 aliphatic heterocycles. The molecule has 0 aliphatic carbocycles. The first kappa shape index (κ1) is 15.6. The quantitative estimate of drug-likeness (QED) is 0.902. The van der Waals surface area contributed by atoms with E-state index < -0.39 is 0 Å². The minimum Gasteiger partial charge on any atom is -0.507 e. The van der Waals surface area contributed by atoms with Gasteiger partial charge in [-0.2, -0.15) is 0 Å². The molecule has 0 amide bonds. The smallest absolute Gasteiger partial charge is 0.169 e. The van der Waals surface area contributed by atoms with E-state index in [0.29, 0.717) is 23.1 Å². The molecular weight excluding hydrogens is 290 g/mol. The number of nitrogens with two attached hydrogens (primary N) is 1. The zero-order chi connectivity index (χ0) is 16.4. The van der Waals surface area contributed by atoms with Crippen LogP contribution in [0.15, 0.2) is 30.3 Å². The average Bonchev–Trinajstić information content (AvgIpc) is 2.56. The van der Waals surface area contributed by atoms with Gasteiger partial charge in [-0.25, -0.2) is 0 Å². The highest BCUT2D eigenvalue weighted by atomic mass is 16.3. The first-order chi connectivity index (χ1) is 11.1. The molecule has 0 atom stereocenters. The molecule has 2 heterocycles. The van der Waals surface area contributed by atoms with Crippen LogP contribution in [0.4, 0.5) is 11.5 Å². The number of para-hydroxylation sites is 1. The Bertz CT molecular complexity index is 680. The van der Waals surface area contributed by atoms with Gasteiger partial charge in [0.15, 0.2) is 5.82 Å². The van der Waals surface area contributed by atoms with Crippen LogP contribution in [0.25, 0.3) is 11.3 Å². The fraction of sp³-hybridized carbons (Fsp3) is 0.412. The predicted octanol–water partition coefficient (Wildman–Crippen LogP) is 1.96. The van der Waals surface area contributed by atoms with Crippen molar-refractivity contribution in [1.82, 2.24) is 15.1 Å². The van der Waals surface area contributed by atoms with Crippen molar-refractivity contribution < 1.29 is 5.11 Å². The van der Waals surface area contributed by atoms with Gasteiger partial charge in [-0.15, -0.1) is 10.2 Å². The summed E-state index contributed by atoms with van der Waals surface area (Å²) in [5, 5.41) is 18.2. The number of piperazine rings is 1. The van der Waals surface area contributed by atoms with E-state index in [1.54, 1.807) is 12.1 Å². The Kier molecular flexibility index (Phi) is 4.34. The minimum absolute atomic E-state index is 0.196. The van der Waals surface area contributed by atoms with Crippen molar-refractivity contribution in [2.45, 2.75) is 19.9 Å². The Morgan fingerprint density at radius 3 is 2.43 bits per heavy atom. The molecule has 2 aromatic rings. The molecule has 1 aliphatic rings. The lowest BCUT2D eigenvalue weighted by Gasteiger charge is -2.38. The molecule has 1 fully saturated rings. The van der Waals surface area contributed by atoms with Crippen LogP contribution in [-0.4, -0.2) is 52.4 Å². The lowest BCUT2D eigenvalue weighted by atomic mass is 10.1. The summed E-state index contributed by atoms with van der Waals surface area (Å²) in [4.78, 5) is 4.69. The Morgan fingerprint density at radius 1 is 1.09 bits per heavy atom. The molecule has 0 spiro atoms. The molecule has 0 bridgehead atoms. The van der Waals surface area contributed by atoms with Gasteiger partial charge in [0.2, 0.25) is 0 Å². The molecule has 0 radical (unpaired) electrons. The van der Waals surface area contributed by atoms with Gasteiger partial charge >= 0.3 is 0 Å². The molecular formula is C17H23N5O. The van der Waals surface area contributed by atoms with E-state index in [2.05, 4.69) is 33.8 Å². The number of rotatable bonds is 3. The number of anilines is 2. The summed E-state index contributed by atoms with van der Waals surface area (Å²) >= 11 is 0. The van der Waals surface area contributed by atoms with E-state index in [9.17, 15) is 5.11 Å². The zero-order valence-corrected chi connectivity index (χ0v) is 13.6. The second-order valence-electron chi connectivity index (χ2n) is 6.13. The lowest BCUT2D eigenvalue weighted by Crippen LogP contribution is -2.49. The molecule has 1 aromatic heterocycles. The maximum Gasteiger partial charge on any atom is 0.169 e. The van der Waals surface area contributed by atoms with Crippen LogP contribution in [0, 0.1) is 0 Å². The van der Waals surface area contributed by atoms with Gasteiger partial charge in [-0.05, 0) is 32.0 Å². The second kappa shape index (κ2) is 6.42. The van der Waals surface area contributed by atoms with Gasteiger partial charge in [0, 0.05) is 37.8 Å². The van der Waals surface area contributed by atoms with Crippen LogP contribution in [0.3, 0.4) is 0 Å². The molecule has 0 unspecified atom stereocenters. The number of hydrogen-bond donors (Lipinski definition) is 2. The van der Waals surface area contributed by atoms with Crippen molar-refractivity contribution in [3.05, 3.63) is 30.3 Å². The fourth-order valence-corrected chi connectivity index (χ4v) is 2.95. The number of benzene rings is 1. The Hall–Kier alpha value is -2.34. The number of nitrogen functional groups attached to an aromatic ring is 1. The molecule has 3 rings (SSSR count). The topological polar surface area (TPSA) is 78.5 Å². The van der Waals surface area contributed by atoms with Gasteiger partial charge in [0.25, 0.3) is 0 Å². The van der Waals surface area contributed by atoms with Gasteiger partial charge in [0.1, 0.15) is 5.75 Å². The van der Waals surface area contributed by atoms with Crippen molar-refractivity contribution in [3.8, 4) is 17.0 Å². The van der Waals surface area contributed by atoms with E-state index in [1.807, 2.05) is 18.2 Å². The van der Waals surface area contributed by atoms with Crippen molar-refractivity contribution in [2.75, 3.05) is 36.8 Å².